The fraction of sp³-hybridized carbons (Fsp3) is 0.0476. The minimum absolute atomic E-state index is 0.247. The van der Waals surface area contributed by atoms with E-state index in [4.69, 9.17) is 16.3 Å². The van der Waals surface area contributed by atoms with Crippen LogP contribution in [0.2, 0.25) is 5.02 Å². The van der Waals surface area contributed by atoms with Gasteiger partial charge in [0.15, 0.2) is 0 Å². The minimum Gasteiger partial charge on any atom is -0.489 e. The first-order valence-electron chi connectivity index (χ1n) is 8.06. The Morgan fingerprint density at radius 3 is 2.50 bits per heavy atom. The molecule has 0 fully saturated rings. The molecule has 0 saturated heterocycles. The molecule has 0 unspecified atom stereocenters. The largest absolute Gasteiger partial charge is 0.489 e. The zero-order valence-electron chi connectivity index (χ0n) is 13.9. The number of benzene rings is 3. The first kappa shape index (κ1) is 17.7. The zero-order valence-corrected chi connectivity index (χ0v) is 14.7. The van der Waals surface area contributed by atoms with Crippen molar-refractivity contribution in [2.24, 2.45) is 5.10 Å². The molecule has 0 aliphatic carbocycles. The van der Waals surface area contributed by atoms with Gasteiger partial charge >= 0.3 is 0 Å². The van der Waals surface area contributed by atoms with Gasteiger partial charge in [0.25, 0.3) is 5.91 Å². The van der Waals surface area contributed by atoms with Gasteiger partial charge in [-0.1, -0.05) is 41.9 Å². The van der Waals surface area contributed by atoms with Crippen LogP contribution in [0, 0.1) is 0 Å². The molecule has 0 saturated carbocycles. The molecule has 0 bridgehead atoms. The van der Waals surface area contributed by atoms with Gasteiger partial charge in [0.1, 0.15) is 12.4 Å². The molecule has 0 heterocycles. The van der Waals surface area contributed by atoms with Crippen molar-refractivity contribution >= 4 is 23.7 Å². The lowest BCUT2D eigenvalue weighted by atomic mass is 10.2. The molecule has 3 aromatic carbocycles. The smallest absolute Gasteiger partial charge is 0.271 e. The molecule has 0 atom stereocenters. The van der Waals surface area contributed by atoms with Gasteiger partial charge in [-0.25, -0.2) is 5.43 Å². The summed E-state index contributed by atoms with van der Waals surface area (Å²) in [7, 11) is 0. The molecule has 130 valence electrons. The standard InChI is InChI=1S/C21H17ClN2O2/c22-19-8-4-5-17(13-19)15-26-20-11-9-16(10-12-20)14-23-24-21(25)18-6-2-1-3-7-18/h1-14H,15H2,(H,24,25)/b23-14-. The van der Waals surface area contributed by atoms with Crippen molar-refractivity contribution in [3.8, 4) is 5.75 Å². The van der Waals surface area contributed by atoms with Crippen LogP contribution in [0.15, 0.2) is 84.0 Å². The molecular formula is C21H17ClN2O2. The fourth-order valence-electron chi connectivity index (χ4n) is 2.26. The molecule has 0 aliphatic rings. The molecule has 0 spiro atoms. The Bertz CT molecular complexity index is 893. The summed E-state index contributed by atoms with van der Waals surface area (Å²) in [5, 5.41) is 4.66. The lowest BCUT2D eigenvalue weighted by Gasteiger charge is -2.06. The molecule has 0 radical (unpaired) electrons. The van der Waals surface area contributed by atoms with Crippen molar-refractivity contribution in [3.05, 3.63) is 101 Å². The Balaban J connectivity index is 1.52. The molecule has 3 rings (SSSR count). The van der Waals surface area contributed by atoms with E-state index in [1.807, 2.05) is 54.6 Å². The van der Waals surface area contributed by atoms with Gasteiger partial charge < -0.3 is 4.74 Å². The quantitative estimate of drug-likeness (QED) is 0.510. The summed E-state index contributed by atoms with van der Waals surface area (Å²) in [5.41, 5.74) is 4.93. The van der Waals surface area contributed by atoms with Crippen molar-refractivity contribution in [1.82, 2.24) is 5.43 Å². The molecule has 1 N–H and O–H groups in total. The Kier molecular flexibility index (Phi) is 6.01. The Labute approximate surface area is 157 Å². The predicted molar refractivity (Wildman–Crippen MR) is 104 cm³/mol. The molecule has 3 aromatic rings. The molecule has 0 aliphatic heterocycles. The average molecular weight is 365 g/mol. The highest BCUT2D eigenvalue weighted by molar-refractivity contribution is 6.30. The second-order valence-corrected chi connectivity index (χ2v) is 5.99. The van der Waals surface area contributed by atoms with Gasteiger partial charge in [0.2, 0.25) is 0 Å². The van der Waals surface area contributed by atoms with Gasteiger partial charge in [-0.3, -0.25) is 4.79 Å². The summed E-state index contributed by atoms with van der Waals surface area (Å²) < 4.78 is 5.73. The number of nitrogens with one attached hydrogen (secondary N) is 1. The highest BCUT2D eigenvalue weighted by Crippen LogP contribution is 2.15. The topological polar surface area (TPSA) is 50.7 Å². The van der Waals surface area contributed by atoms with Gasteiger partial charge in [-0.05, 0) is 59.7 Å². The van der Waals surface area contributed by atoms with Crippen molar-refractivity contribution in [2.45, 2.75) is 6.61 Å². The van der Waals surface area contributed by atoms with E-state index in [1.54, 1.807) is 30.5 Å². The molecule has 1 amide bonds. The SMILES string of the molecule is O=C(N/N=C\c1ccc(OCc2cccc(Cl)c2)cc1)c1ccccc1. The van der Waals surface area contributed by atoms with E-state index in [2.05, 4.69) is 10.5 Å². The molecule has 26 heavy (non-hydrogen) atoms. The van der Waals surface area contributed by atoms with Crippen molar-refractivity contribution < 1.29 is 9.53 Å². The number of rotatable bonds is 6. The van der Waals surface area contributed by atoms with E-state index in [0.29, 0.717) is 17.2 Å². The number of amides is 1. The van der Waals surface area contributed by atoms with Crippen molar-refractivity contribution in [3.63, 3.8) is 0 Å². The summed E-state index contributed by atoms with van der Waals surface area (Å²) in [6, 6.07) is 23.9. The Morgan fingerprint density at radius 2 is 1.77 bits per heavy atom. The highest BCUT2D eigenvalue weighted by Gasteiger charge is 2.01. The van der Waals surface area contributed by atoms with Gasteiger partial charge in [0.05, 0.1) is 6.21 Å². The van der Waals surface area contributed by atoms with Crippen LogP contribution in [-0.2, 0) is 6.61 Å². The minimum atomic E-state index is -0.247. The first-order chi connectivity index (χ1) is 12.7. The number of halogens is 1. The number of carbonyl (C=O) groups is 1. The van der Waals surface area contributed by atoms with E-state index in [1.165, 1.54) is 0 Å². The third kappa shape index (κ3) is 5.19. The van der Waals surface area contributed by atoms with E-state index >= 15 is 0 Å². The lowest BCUT2D eigenvalue weighted by Crippen LogP contribution is -2.17. The Morgan fingerprint density at radius 1 is 1.00 bits per heavy atom. The fourth-order valence-corrected chi connectivity index (χ4v) is 2.48. The maximum Gasteiger partial charge on any atom is 0.271 e. The van der Waals surface area contributed by atoms with E-state index in [0.717, 1.165) is 16.9 Å². The van der Waals surface area contributed by atoms with Crippen LogP contribution in [-0.4, -0.2) is 12.1 Å². The molecular weight excluding hydrogens is 348 g/mol. The normalized spacial score (nSPS) is 10.7. The summed E-state index contributed by atoms with van der Waals surface area (Å²) in [4.78, 5) is 11.9. The Hall–Kier alpha value is -3.11. The van der Waals surface area contributed by atoms with Crippen LogP contribution in [0.3, 0.4) is 0 Å². The van der Waals surface area contributed by atoms with Crippen molar-refractivity contribution in [1.29, 1.82) is 0 Å². The van der Waals surface area contributed by atoms with Crippen LogP contribution >= 0.6 is 11.6 Å². The molecule has 5 heteroatoms. The third-order valence-corrected chi connectivity index (χ3v) is 3.83. The van der Waals surface area contributed by atoms with Gasteiger partial charge in [-0.15, -0.1) is 0 Å². The van der Waals surface area contributed by atoms with Crippen LogP contribution in [0.25, 0.3) is 0 Å². The van der Waals surface area contributed by atoms with Crippen molar-refractivity contribution in [2.75, 3.05) is 0 Å². The first-order valence-corrected chi connectivity index (χ1v) is 8.44. The summed E-state index contributed by atoms with van der Waals surface area (Å²) in [5.74, 6) is 0.499. The second kappa shape index (κ2) is 8.83. The maximum atomic E-state index is 11.9. The summed E-state index contributed by atoms with van der Waals surface area (Å²) in [6.45, 7) is 0.446. The van der Waals surface area contributed by atoms with Crippen LogP contribution < -0.4 is 10.2 Å². The zero-order chi connectivity index (χ0) is 18.2. The third-order valence-electron chi connectivity index (χ3n) is 3.59. The van der Waals surface area contributed by atoms with E-state index in [-0.39, 0.29) is 5.91 Å². The predicted octanol–water partition coefficient (Wildman–Crippen LogP) is 4.68. The number of carbonyl (C=O) groups excluding carboxylic acids is 1. The number of hydrogen-bond donors (Lipinski definition) is 1. The number of hydrazone groups is 1. The molecule has 4 nitrogen and oxygen atoms in total. The van der Waals surface area contributed by atoms with Gasteiger partial charge in [-0.2, -0.15) is 5.10 Å². The average Bonchev–Trinajstić information content (AvgIpc) is 2.68. The van der Waals surface area contributed by atoms with Crippen LogP contribution in [0.1, 0.15) is 21.5 Å². The van der Waals surface area contributed by atoms with Gasteiger partial charge in [0, 0.05) is 10.6 Å². The monoisotopic (exact) mass is 364 g/mol. The number of hydrogen-bond acceptors (Lipinski definition) is 3. The van der Waals surface area contributed by atoms with Crippen LogP contribution in [0.4, 0.5) is 0 Å². The summed E-state index contributed by atoms with van der Waals surface area (Å²) >= 11 is 5.96. The lowest BCUT2D eigenvalue weighted by molar-refractivity contribution is 0.0955. The van der Waals surface area contributed by atoms with E-state index in [9.17, 15) is 4.79 Å². The summed E-state index contributed by atoms with van der Waals surface area (Å²) in [6.07, 6.45) is 1.58. The maximum absolute atomic E-state index is 11.9. The second-order valence-electron chi connectivity index (χ2n) is 5.55. The number of nitrogens with zero attached hydrogens (tertiary/aromatic N) is 1. The molecule has 0 aromatic heterocycles. The van der Waals surface area contributed by atoms with E-state index < -0.39 is 0 Å². The highest BCUT2D eigenvalue weighted by atomic mass is 35.5. The number of ether oxygens (including phenoxy) is 1. The van der Waals surface area contributed by atoms with Crippen LogP contribution in [0.5, 0.6) is 5.75 Å².